The molecule has 2 aromatic rings. The summed E-state index contributed by atoms with van der Waals surface area (Å²) < 4.78 is 50.9. The molecule has 0 spiro atoms. The van der Waals surface area contributed by atoms with E-state index in [0.717, 1.165) is 29.1 Å². The van der Waals surface area contributed by atoms with E-state index in [1.54, 1.807) is 32.6 Å². The number of carbonyl (C=O) groups excluding carboxylic acids is 2. The molecule has 0 saturated heterocycles. The van der Waals surface area contributed by atoms with Crippen molar-refractivity contribution in [2.24, 2.45) is 0 Å². The summed E-state index contributed by atoms with van der Waals surface area (Å²) in [6.45, 7) is 7.79. The third kappa shape index (κ3) is 6.21. The number of aromatic nitrogens is 2. The van der Waals surface area contributed by atoms with Gasteiger partial charge in [0.05, 0.1) is 30.2 Å². The Hall–Kier alpha value is -2.69. The zero-order valence-corrected chi connectivity index (χ0v) is 19.7. The number of alkyl halides is 3. The Morgan fingerprint density at radius 2 is 1.97 bits per heavy atom. The van der Waals surface area contributed by atoms with Crippen LogP contribution in [-0.4, -0.2) is 51.7 Å². The predicted molar refractivity (Wildman–Crippen MR) is 117 cm³/mol. The average Bonchev–Trinajstić information content (AvgIpc) is 3.13. The monoisotopic (exact) mass is 485 g/mol. The third-order valence-electron chi connectivity index (χ3n) is 4.80. The fraction of sp³-hybridized carbons (Fsp3) is 0.500. The van der Waals surface area contributed by atoms with Crippen LogP contribution in [0.2, 0.25) is 0 Å². The molecule has 0 unspecified atom stereocenters. The Balaban J connectivity index is 1.90. The largest absolute Gasteiger partial charge is 0.465 e. The van der Waals surface area contributed by atoms with Crippen LogP contribution < -0.4 is 0 Å². The van der Waals surface area contributed by atoms with Gasteiger partial charge in [-0.1, -0.05) is 6.07 Å². The lowest BCUT2D eigenvalue weighted by atomic mass is 10.0. The lowest BCUT2D eigenvalue weighted by Crippen LogP contribution is -2.39. The molecule has 0 fully saturated rings. The molecule has 7 nitrogen and oxygen atoms in total. The SMILES string of the molecule is CCOC(=O)CSc1cc(-c2n[nH]c3c2CN(C(=O)OC(C)(C)C)CC3)ccc1C(F)(F)F. The first-order valence-electron chi connectivity index (χ1n) is 10.4. The van der Waals surface area contributed by atoms with Gasteiger partial charge in [0.2, 0.25) is 0 Å². The number of ether oxygens (including phenoxy) is 2. The van der Waals surface area contributed by atoms with E-state index in [9.17, 15) is 22.8 Å². The van der Waals surface area contributed by atoms with Crippen molar-refractivity contribution in [2.75, 3.05) is 18.9 Å². The van der Waals surface area contributed by atoms with Crippen molar-refractivity contribution in [1.29, 1.82) is 0 Å². The van der Waals surface area contributed by atoms with Crippen molar-refractivity contribution in [1.82, 2.24) is 15.1 Å². The maximum atomic E-state index is 13.5. The van der Waals surface area contributed by atoms with Gasteiger partial charge in [-0.25, -0.2) is 4.79 Å². The summed E-state index contributed by atoms with van der Waals surface area (Å²) in [6.07, 6.45) is -4.51. The van der Waals surface area contributed by atoms with Crippen molar-refractivity contribution in [3.05, 3.63) is 35.0 Å². The van der Waals surface area contributed by atoms with Gasteiger partial charge in [0.1, 0.15) is 5.60 Å². The van der Waals surface area contributed by atoms with Crippen molar-refractivity contribution in [2.45, 2.75) is 57.3 Å². The molecule has 0 atom stereocenters. The van der Waals surface area contributed by atoms with Gasteiger partial charge >= 0.3 is 18.2 Å². The average molecular weight is 486 g/mol. The van der Waals surface area contributed by atoms with Crippen LogP contribution in [0.1, 0.15) is 44.5 Å². The minimum atomic E-state index is -4.58. The van der Waals surface area contributed by atoms with Gasteiger partial charge in [-0.15, -0.1) is 11.8 Å². The van der Waals surface area contributed by atoms with Crippen LogP contribution in [0.25, 0.3) is 11.3 Å². The van der Waals surface area contributed by atoms with Crippen LogP contribution in [-0.2, 0) is 33.4 Å². The van der Waals surface area contributed by atoms with Crippen LogP contribution in [0.4, 0.5) is 18.0 Å². The summed E-state index contributed by atoms with van der Waals surface area (Å²) in [4.78, 5) is 25.7. The number of nitrogens with zero attached hydrogens (tertiary/aromatic N) is 2. The van der Waals surface area contributed by atoms with Crippen LogP contribution >= 0.6 is 11.8 Å². The number of esters is 1. The van der Waals surface area contributed by atoms with E-state index in [1.807, 2.05) is 0 Å². The van der Waals surface area contributed by atoms with E-state index in [4.69, 9.17) is 9.47 Å². The third-order valence-corrected chi connectivity index (χ3v) is 5.83. The quantitative estimate of drug-likeness (QED) is 0.472. The van der Waals surface area contributed by atoms with Crippen molar-refractivity contribution in [3.8, 4) is 11.3 Å². The molecule has 1 aliphatic heterocycles. The second kappa shape index (κ2) is 9.66. The van der Waals surface area contributed by atoms with Gasteiger partial charge < -0.3 is 14.4 Å². The molecule has 180 valence electrons. The highest BCUT2D eigenvalue weighted by Gasteiger charge is 2.35. The molecule has 33 heavy (non-hydrogen) atoms. The first kappa shape index (κ1) is 24.9. The van der Waals surface area contributed by atoms with E-state index >= 15 is 0 Å². The topological polar surface area (TPSA) is 84.5 Å². The Morgan fingerprint density at radius 3 is 2.61 bits per heavy atom. The number of H-pyrrole nitrogens is 1. The Bertz CT molecular complexity index is 1030. The molecule has 1 aromatic heterocycles. The molecular formula is C22H26F3N3O4S. The van der Waals surface area contributed by atoms with Gasteiger partial charge in [0.25, 0.3) is 0 Å². The highest BCUT2D eigenvalue weighted by atomic mass is 32.2. The van der Waals surface area contributed by atoms with Crippen LogP contribution in [0, 0.1) is 0 Å². The number of hydrogen-bond acceptors (Lipinski definition) is 6. The maximum Gasteiger partial charge on any atom is 0.417 e. The van der Waals surface area contributed by atoms with E-state index in [1.165, 1.54) is 12.1 Å². The van der Waals surface area contributed by atoms with Gasteiger partial charge in [0.15, 0.2) is 0 Å². The smallest absolute Gasteiger partial charge is 0.417 e. The number of nitrogens with one attached hydrogen (secondary N) is 1. The number of thioether (sulfide) groups is 1. The highest BCUT2D eigenvalue weighted by molar-refractivity contribution is 8.00. The summed E-state index contributed by atoms with van der Waals surface area (Å²) in [5.41, 5.74) is 0.997. The molecule has 2 heterocycles. The van der Waals surface area contributed by atoms with E-state index in [2.05, 4.69) is 10.2 Å². The molecule has 0 radical (unpaired) electrons. The predicted octanol–water partition coefficient (Wildman–Crippen LogP) is 5.04. The number of fused-ring (bicyclic) bond motifs is 1. The molecule has 11 heteroatoms. The van der Waals surface area contributed by atoms with Gasteiger partial charge in [-0.3, -0.25) is 9.89 Å². The molecule has 0 aliphatic carbocycles. The van der Waals surface area contributed by atoms with E-state index < -0.39 is 29.4 Å². The molecule has 3 rings (SSSR count). The number of aromatic amines is 1. The minimum absolute atomic E-state index is 0.0930. The minimum Gasteiger partial charge on any atom is -0.465 e. The first-order chi connectivity index (χ1) is 15.4. The Labute approximate surface area is 194 Å². The Morgan fingerprint density at radius 1 is 1.24 bits per heavy atom. The molecular weight excluding hydrogens is 459 g/mol. The Kier molecular flexibility index (Phi) is 7.30. The van der Waals surface area contributed by atoms with Crippen molar-refractivity contribution >= 4 is 23.8 Å². The lowest BCUT2D eigenvalue weighted by Gasteiger charge is -2.30. The molecule has 1 aliphatic rings. The number of hydrogen-bond donors (Lipinski definition) is 1. The molecule has 1 aromatic carbocycles. The second-order valence-electron chi connectivity index (χ2n) is 8.48. The van der Waals surface area contributed by atoms with Gasteiger partial charge in [-0.2, -0.15) is 18.3 Å². The summed E-state index contributed by atoms with van der Waals surface area (Å²) >= 11 is 0.766. The highest BCUT2D eigenvalue weighted by Crippen LogP contribution is 2.40. The number of rotatable bonds is 5. The van der Waals surface area contributed by atoms with Crippen LogP contribution in [0.15, 0.2) is 23.1 Å². The molecule has 1 N–H and O–H groups in total. The maximum absolute atomic E-state index is 13.5. The molecule has 0 bridgehead atoms. The zero-order chi connectivity index (χ0) is 24.4. The summed E-state index contributed by atoms with van der Waals surface area (Å²) in [5.74, 6) is -0.836. The number of benzene rings is 1. The second-order valence-corrected chi connectivity index (χ2v) is 9.50. The summed E-state index contributed by atoms with van der Waals surface area (Å²) in [7, 11) is 0. The zero-order valence-electron chi connectivity index (χ0n) is 18.8. The fourth-order valence-corrected chi connectivity index (χ4v) is 4.28. The first-order valence-corrected chi connectivity index (χ1v) is 11.4. The van der Waals surface area contributed by atoms with Crippen molar-refractivity contribution < 1.29 is 32.2 Å². The van der Waals surface area contributed by atoms with E-state index in [0.29, 0.717) is 24.2 Å². The normalized spacial score (nSPS) is 14.1. The lowest BCUT2D eigenvalue weighted by molar-refractivity contribution is -0.141. The summed E-state index contributed by atoms with van der Waals surface area (Å²) in [5, 5.41) is 7.24. The van der Waals surface area contributed by atoms with Gasteiger partial charge in [0, 0.05) is 34.7 Å². The van der Waals surface area contributed by atoms with Crippen LogP contribution in [0.3, 0.4) is 0 Å². The molecule has 1 amide bonds. The van der Waals surface area contributed by atoms with Crippen LogP contribution in [0.5, 0.6) is 0 Å². The summed E-state index contributed by atoms with van der Waals surface area (Å²) in [6, 6.07) is 3.70. The standard InChI is InChI=1S/C22H26F3N3O4S/c1-5-31-18(29)12-33-17-10-13(6-7-15(17)22(23,24)25)19-14-11-28(9-8-16(14)26-27-19)20(30)32-21(2,3)4/h6-7,10H,5,8-9,11-12H2,1-4H3,(H,26,27). The van der Waals surface area contributed by atoms with E-state index in [-0.39, 0.29) is 23.8 Å². The number of carbonyl (C=O) groups is 2. The fourth-order valence-electron chi connectivity index (χ4n) is 3.38. The van der Waals surface area contributed by atoms with Gasteiger partial charge in [-0.05, 0) is 39.8 Å². The number of amides is 1. The number of halogens is 3. The molecule has 0 saturated carbocycles. The van der Waals surface area contributed by atoms with Crippen molar-refractivity contribution in [3.63, 3.8) is 0 Å².